The zero-order valence-corrected chi connectivity index (χ0v) is 22.5. The number of aliphatic hydroxyl groups is 1. The maximum Gasteiger partial charge on any atom is 0.291 e. The van der Waals surface area contributed by atoms with E-state index in [-0.39, 0.29) is 29.1 Å². The number of carbonyl (C=O) groups is 1. The molecule has 0 spiro atoms. The number of carbonyl (C=O) groups excluding carboxylic acids is 1. The fourth-order valence-corrected chi connectivity index (χ4v) is 5.11. The van der Waals surface area contributed by atoms with Crippen molar-refractivity contribution in [2.45, 2.75) is 111 Å². The third kappa shape index (κ3) is 6.26. The van der Waals surface area contributed by atoms with E-state index in [1.165, 1.54) is 48.8 Å². The summed E-state index contributed by atoms with van der Waals surface area (Å²) >= 11 is 0. The average Bonchev–Trinajstić information content (AvgIpc) is 3.15. The van der Waals surface area contributed by atoms with Crippen molar-refractivity contribution in [2.75, 3.05) is 6.54 Å². The third-order valence-corrected chi connectivity index (χ3v) is 6.87. The summed E-state index contributed by atoms with van der Waals surface area (Å²) in [5, 5.41) is 17.0. The monoisotopic (exact) mass is 468 g/mol. The number of hydrogen-bond acceptors (Lipinski definition) is 4. The lowest BCUT2D eigenvalue weighted by Crippen LogP contribution is -2.31. The van der Waals surface area contributed by atoms with Crippen LogP contribution >= 0.6 is 0 Å². The first kappa shape index (κ1) is 26.4. The quantitative estimate of drug-likeness (QED) is 0.583. The Kier molecular flexibility index (Phi) is 7.91. The summed E-state index contributed by atoms with van der Waals surface area (Å²) in [4.78, 5) is 17.5. The molecule has 1 heterocycles. The Balaban J connectivity index is 2.13. The number of aliphatic hydroxyl groups excluding tert-OH is 1. The molecule has 0 unspecified atom stereocenters. The van der Waals surface area contributed by atoms with Crippen molar-refractivity contribution in [1.29, 1.82) is 0 Å². The molecule has 0 aliphatic heterocycles. The molecule has 0 bridgehead atoms. The predicted octanol–water partition coefficient (Wildman–Crippen LogP) is 5.54. The molecule has 2 aromatic rings. The van der Waals surface area contributed by atoms with Crippen molar-refractivity contribution in [1.82, 2.24) is 20.1 Å². The fourth-order valence-electron chi connectivity index (χ4n) is 5.11. The van der Waals surface area contributed by atoms with E-state index in [4.69, 9.17) is 4.98 Å². The summed E-state index contributed by atoms with van der Waals surface area (Å²) < 4.78 is 1.96. The van der Waals surface area contributed by atoms with Crippen molar-refractivity contribution in [2.24, 2.45) is 5.92 Å². The molecule has 6 heteroatoms. The number of amides is 1. The van der Waals surface area contributed by atoms with Crippen LogP contribution in [0.2, 0.25) is 0 Å². The van der Waals surface area contributed by atoms with Crippen molar-refractivity contribution < 1.29 is 9.90 Å². The fraction of sp³-hybridized carbons (Fsp3) is 0.679. The zero-order chi connectivity index (χ0) is 25.3. The van der Waals surface area contributed by atoms with Crippen LogP contribution in [-0.2, 0) is 17.4 Å². The smallest absolute Gasteiger partial charge is 0.291 e. The van der Waals surface area contributed by atoms with Crippen LogP contribution in [0, 0.1) is 12.8 Å². The molecule has 188 valence electrons. The van der Waals surface area contributed by atoms with Gasteiger partial charge in [0.15, 0.2) is 5.82 Å². The van der Waals surface area contributed by atoms with Gasteiger partial charge >= 0.3 is 0 Å². The van der Waals surface area contributed by atoms with Crippen LogP contribution in [0.4, 0.5) is 0 Å². The standard InChI is InChI=1S/C28H44N4O2/c1-18(33)16-29-26(34)24-30-25(32(31-24)17-20-12-10-9-11-13-20)21-14-22(27(3,4)5)19(2)23(15-21)28(6,7)8/h14-15,18,20,33H,9-13,16-17H2,1-8H3,(H,29,34)/t18-/m1/s1. The minimum absolute atomic E-state index is 0.0220. The van der Waals surface area contributed by atoms with E-state index >= 15 is 0 Å². The van der Waals surface area contributed by atoms with E-state index in [1.807, 2.05) is 4.68 Å². The van der Waals surface area contributed by atoms with E-state index in [2.05, 4.69) is 71.0 Å². The van der Waals surface area contributed by atoms with Crippen LogP contribution in [-0.4, -0.2) is 38.4 Å². The Morgan fingerprint density at radius 3 is 2.15 bits per heavy atom. The Morgan fingerprint density at radius 1 is 1.09 bits per heavy atom. The number of nitrogens with one attached hydrogen (secondary N) is 1. The second-order valence-electron chi connectivity index (χ2n) is 12.2. The molecule has 0 saturated heterocycles. The van der Waals surface area contributed by atoms with Gasteiger partial charge in [0.2, 0.25) is 5.82 Å². The second-order valence-corrected chi connectivity index (χ2v) is 12.2. The largest absolute Gasteiger partial charge is 0.392 e. The lowest BCUT2D eigenvalue weighted by atomic mass is 9.75. The van der Waals surface area contributed by atoms with Gasteiger partial charge in [-0.15, -0.1) is 5.10 Å². The molecule has 1 aliphatic rings. The number of aromatic nitrogens is 3. The molecule has 34 heavy (non-hydrogen) atoms. The normalized spacial score (nSPS) is 16.5. The molecule has 1 aromatic heterocycles. The Bertz CT molecular complexity index is 967. The number of benzene rings is 1. The second kappa shape index (κ2) is 10.2. The van der Waals surface area contributed by atoms with Crippen molar-refractivity contribution >= 4 is 5.91 Å². The molecule has 3 rings (SSSR count). The molecular weight excluding hydrogens is 424 g/mol. The lowest BCUT2D eigenvalue weighted by Gasteiger charge is -2.30. The van der Waals surface area contributed by atoms with Crippen LogP contribution in [0.25, 0.3) is 11.4 Å². The molecule has 1 saturated carbocycles. The highest BCUT2D eigenvalue weighted by atomic mass is 16.3. The van der Waals surface area contributed by atoms with Gasteiger partial charge in [-0.05, 0) is 72.3 Å². The van der Waals surface area contributed by atoms with Crippen molar-refractivity contribution in [3.8, 4) is 11.4 Å². The van der Waals surface area contributed by atoms with Gasteiger partial charge < -0.3 is 10.4 Å². The SMILES string of the molecule is Cc1c(C(C)(C)C)cc(-c2nc(C(=O)NC[C@@H](C)O)nn2CC2CCCCC2)cc1C(C)(C)C. The lowest BCUT2D eigenvalue weighted by molar-refractivity contribution is 0.0913. The van der Waals surface area contributed by atoms with Gasteiger partial charge in [-0.25, -0.2) is 9.67 Å². The molecule has 1 fully saturated rings. The van der Waals surface area contributed by atoms with Crippen LogP contribution < -0.4 is 5.32 Å². The molecule has 1 atom stereocenters. The zero-order valence-electron chi connectivity index (χ0n) is 22.5. The van der Waals surface area contributed by atoms with E-state index in [0.717, 1.165) is 17.9 Å². The Labute approximate surface area is 205 Å². The average molecular weight is 469 g/mol. The predicted molar refractivity (Wildman–Crippen MR) is 138 cm³/mol. The van der Waals surface area contributed by atoms with E-state index in [0.29, 0.717) is 5.92 Å². The van der Waals surface area contributed by atoms with Gasteiger partial charge in [-0.2, -0.15) is 0 Å². The van der Waals surface area contributed by atoms with Gasteiger partial charge in [0.1, 0.15) is 0 Å². The van der Waals surface area contributed by atoms with Gasteiger partial charge in [0.05, 0.1) is 6.10 Å². The number of hydrogen-bond donors (Lipinski definition) is 2. The molecule has 1 aliphatic carbocycles. The van der Waals surface area contributed by atoms with Crippen molar-refractivity contribution in [3.05, 3.63) is 34.6 Å². The van der Waals surface area contributed by atoms with E-state index < -0.39 is 6.10 Å². The summed E-state index contributed by atoms with van der Waals surface area (Å²) in [6, 6.07) is 4.48. The van der Waals surface area contributed by atoms with Gasteiger partial charge in [-0.3, -0.25) is 4.79 Å². The summed E-state index contributed by atoms with van der Waals surface area (Å²) in [5.41, 5.74) is 4.87. The van der Waals surface area contributed by atoms with Crippen LogP contribution in [0.3, 0.4) is 0 Å². The molecule has 1 amide bonds. The molecule has 6 nitrogen and oxygen atoms in total. The number of rotatable bonds is 6. The third-order valence-electron chi connectivity index (χ3n) is 6.87. The highest BCUT2D eigenvalue weighted by Crippen LogP contribution is 2.37. The molecule has 0 radical (unpaired) electrons. The highest BCUT2D eigenvalue weighted by Gasteiger charge is 2.27. The summed E-state index contributed by atoms with van der Waals surface area (Å²) in [6.07, 6.45) is 5.57. The first-order valence-corrected chi connectivity index (χ1v) is 12.8. The number of nitrogens with zero attached hydrogens (tertiary/aromatic N) is 3. The maximum absolute atomic E-state index is 12.8. The van der Waals surface area contributed by atoms with Gasteiger partial charge in [0, 0.05) is 18.7 Å². The van der Waals surface area contributed by atoms with Crippen LogP contribution in [0.5, 0.6) is 0 Å². The van der Waals surface area contributed by atoms with Crippen LogP contribution in [0.15, 0.2) is 12.1 Å². The summed E-state index contributed by atoms with van der Waals surface area (Å²) in [7, 11) is 0. The van der Waals surface area contributed by atoms with E-state index in [1.54, 1.807) is 6.92 Å². The van der Waals surface area contributed by atoms with Crippen LogP contribution in [0.1, 0.15) is 108 Å². The molecule has 2 N–H and O–H groups in total. The minimum atomic E-state index is -0.617. The summed E-state index contributed by atoms with van der Waals surface area (Å²) in [6.45, 7) is 18.3. The first-order chi connectivity index (χ1) is 15.8. The minimum Gasteiger partial charge on any atom is -0.392 e. The first-order valence-electron chi connectivity index (χ1n) is 12.8. The van der Waals surface area contributed by atoms with Gasteiger partial charge in [-0.1, -0.05) is 60.8 Å². The summed E-state index contributed by atoms with van der Waals surface area (Å²) in [5.74, 6) is 1.13. The highest BCUT2D eigenvalue weighted by molar-refractivity contribution is 5.90. The molecular formula is C28H44N4O2. The Hall–Kier alpha value is -2.21. The topological polar surface area (TPSA) is 80.0 Å². The van der Waals surface area contributed by atoms with Gasteiger partial charge in [0.25, 0.3) is 5.91 Å². The maximum atomic E-state index is 12.8. The van der Waals surface area contributed by atoms with E-state index in [9.17, 15) is 9.90 Å². The molecule has 1 aromatic carbocycles. The Morgan fingerprint density at radius 2 is 1.65 bits per heavy atom. The van der Waals surface area contributed by atoms with Crippen molar-refractivity contribution in [3.63, 3.8) is 0 Å².